The van der Waals surface area contributed by atoms with E-state index in [2.05, 4.69) is 15.3 Å². The third kappa shape index (κ3) is 4.69. The fraction of sp³-hybridized carbons (Fsp3) is 0.700. The van der Waals surface area contributed by atoms with Gasteiger partial charge in [-0.15, -0.1) is 0 Å². The Morgan fingerprint density at radius 2 is 2.00 bits per heavy atom. The Bertz CT molecular complexity index is 909. The molecule has 1 aromatic heterocycles. The molecule has 0 radical (unpaired) electrons. The van der Waals surface area contributed by atoms with Crippen LogP contribution in [0.25, 0.3) is 4.85 Å². The molecule has 1 saturated heterocycles. The predicted octanol–water partition coefficient (Wildman–Crippen LogP) is 2.24. The number of piperidine rings is 1. The molecule has 2 aliphatic carbocycles. The lowest BCUT2D eigenvalue weighted by Crippen LogP contribution is -2.50. The van der Waals surface area contributed by atoms with Gasteiger partial charge < -0.3 is 15.9 Å². The SMILES string of the molecule is [C-]#[N+]CC1(n2cc(C(N)=O)c(NC(=O)[C@H]3C[C@H]3C3CC3)n2)CCN(CC(F)(F)F)CC1. The maximum atomic E-state index is 12.7. The second kappa shape index (κ2) is 7.82. The molecule has 1 aromatic rings. The zero-order valence-electron chi connectivity index (χ0n) is 17.0. The number of rotatable bonds is 7. The lowest BCUT2D eigenvalue weighted by molar-refractivity contribution is -0.150. The number of aromatic nitrogens is 2. The normalized spacial score (nSPS) is 25.6. The average molecular weight is 438 g/mol. The quantitative estimate of drug-likeness (QED) is 0.638. The summed E-state index contributed by atoms with van der Waals surface area (Å²) in [4.78, 5) is 29.3. The molecule has 3 fully saturated rings. The molecule has 11 heteroatoms. The van der Waals surface area contributed by atoms with E-state index < -0.39 is 24.2 Å². The zero-order valence-corrected chi connectivity index (χ0v) is 17.0. The molecule has 2 saturated carbocycles. The molecule has 4 rings (SSSR count). The number of alkyl halides is 3. The van der Waals surface area contributed by atoms with E-state index in [0.717, 1.165) is 19.3 Å². The van der Waals surface area contributed by atoms with Crippen molar-refractivity contribution in [1.29, 1.82) is 0 Å². The van der Waals surface area contributed by atoms with Crippen molar-refractivity contribution in [1.82, 2.24) is 14.7 Å². The van der Waals surface area contributed by atoms with Gasteiger partial charge in [0.1, 0.15) is 11.1 Å². The molecule has 168 valence electrons. The number of hydrogen-bond acceptors (Lipinski definition) is 4. The van der Waals surface area contributed by atoms with Crippen molar-refractivity contribution in [3.63, 3.8) is 0 Å². The number of anilines is 1. The Morgan fingerprint density at radius 3 is 2.55 bits per heavy atom. The maximum absolute atomic E-state index is 12.7. The van der Waals surface area contributed by atoms with E-state index in [1.807, 2.05) is 0 Å². The number of halogens is 3. The average Bonchev–Trinajstić information content (AvgIpc) is 3.58. The zero-order chi connectivity index (χ0) is 22.4. The summed E-state index contributed by atoms with van der Waals surface area (Å²) >= 11 is 0. The Kier molecular flexibility index (Phi) is 5.45. The van der Waals surface area contributed by atoms with Crippen LogP contribution in [0.5, 0.6) is 0 Å². The van der Waals surface area contributed by atoms with Gasteiger partial charge in [-0.2, -0.15) is 18.3 Å². The van der Waals surface area contributed by atoms with Crippen LogP contribution in [-0.2, 0) is 10.3 Å². The molecule has 0 unspecified atom stereocenters. The monoisotopic (exact) mass is 438 g/mol. The van der Waals surface area contributed by atoms with Crippen LogP contribution in [0.15, 0.2) is 6.20 Å². The van der Waals surface area contributed by atoms with Crippen molar-refractivity contribution >= 4 is 17.6 Å². The van der Waals surface area contributed by atoms with E-state index in [-0.39, 0.29) is 55.7 Å². The van der Waals surface area contributed by atoms with Crippen LogP contribution < -0.4 is 11.1 Å². The number of primary amides is 1. The fourth-order valence-corrected chi connectivity index (χ4v) is 4.65. The van der Waals surface area contributed by atoms with Crippen molar-refractivity contribution in [2.75, 3.05) is 31.5 Å². The summed E-state index contributed by atoms with van der Waals surface area (Å²) in [6.07, 6.45) is 0.799. The van der Waals surface area contributed by atoms with E-state index in [1.54, 1.807) is 0 Å². The van der Waals surface area contributed by atoms with Crippen LogP contribution in [0.4, 0.5) is 19.0 Å². The van der Waals surface area contributed by atoms with Crippen molar-refractivity contribution in [2.45, 2.75) is 43.8 Å². The van der Waals surface area contributed by atoms with Crippen molar-refractivity contribution < 1.29 is 22.8 Å². The highest BCUT2D eigenvalue weighted by Crippen LogP contribution is 2.54. The summed E-state index contributed by atoms with van der Waals surface area (Å²) in [6, 6.07) is 0. The summed E-state index contributed by atoms with van der Waals surface area (Å²) in [5.41, 5.74) is 4.67. The lowest BCUT2D eigenvalue weighted by atomic mass is 9.87. The first-order valence-electron chi connectivity index (χ1n) is 10.4. The van der Waals surface area contributed by atoms with Crippen LogP contribution in [0.3, 0.4) is 0 Å². The highest BCUT2D eigenvalue weighted by Gasteiger charge is 2.51. The highest BCUT2D eigenvalue weighted by molar-refractivity contribution is 6.02. The van der Waals surface area contributed by atoms with Gasteiger partial charge in [-0.3, -0.25) is 19.2 Å². The van der Waals surface area contributed by atoms with E-state index in [1.165, 1.54) is 15.8 Å². The van der Waals surface area contributed by atoms with E-state index in [4.69, 9.17) is 12.3 Å². The molecule has 3 aliphatic rings. The largest absolute Gasteiger partial charge is 0.401 e. The van der Waals surface area contributed by atoms with Crippen molar-refractivity contribution in [3.05, 3.63) is 23.2 Å². The predicted molar refractivity (Wildman–Crippen MR) is 105 cm³/mol. The van der Waals surface area contributed by atoms with Gasteiger partial charge in [0.05, 0.1) is 6.54 Å². The van der Waals surface area contributed by atoms with Gasteiger partial charge in [0.15, 0.2) is 5.82 Å². The number of nitrogens with two attached hydrogens (primary N) is 1. The topological polar surface area (TPSA) is 97.6 Å². The number of nitrogens with zero attached hydrogens (tertiary/aromatic N) is 4. The number of carbonyl (C=O) groups is 2. The number of nitrogens with one attached hydrogen (secondary N) is 1. The molecule has 2 atom stereocenters. The smallest absolute Gasteiger partial charge is 0.365 e. The van der Waals surface area contributed by atoms with Gasteiger partial charge in [-0.05, 0) is 43.9 Å². The van der Waals surface area contributed by atoms with E-state index in [9.17, 15) is 22.8 Å². The Morgan fingerprint density at radius 1 is 1.32 bits per heavy atom. The minimum absolute atomic E-state index is 0.00645. The molecule has 2 amide bonds. The second-order valence-electron chi connectivity index (χ2n) is 8.96. The molecule has 8 nitrogen and oxygen atoms in total. The summed E-state index contributed by atoms with van der Waals surface area (Å²) in [5, 5.41) is 7.10. The molecule has 0 spiro atoms. The summed E-state index contributed by atoms with van der Waals surface area (Å²) < 4.78 is 39.6. The van der Waals surface area contributed by atoms with Crippen LogP contribution >= 0.6 is 0 Å². The molecular weight excluding hydrogens is 413 g/mol. The van der Waals surface area contributed by atoms with E-state index in [0.29, 0.717) is 11.8 Å². The van der Waals surface area contributed by atoms with Crippen LogP contribution in [0, 0.1) is 24.3 Å². The summed E-state index contributed by atoms with van der Waals surface area (Å²) in [6.45, 7) is 6.62. The van der Waals surface area contributed by atoms with Crippen LogP contribution in [-0.4, -0.2) is 58.9 Å². The first-order valence-corrected chi connectivity index (χ1v) is 10.4. The minimum atomic E-state index is -4.29. The molecule has 1 aliphatic heterocycles. The van der Waals surface area contributed by atoms with Gasteiger partial charge in [0.25, 0.3) is 5.91 Å². The van der Waals surface area contributed by atoms with Crippen molar-refractivity contribution in [2.24, 2.45) is 23.5 Å². The number of likely N-dealkylation sites (tertiary alicyclic amines) is 1. The Balaban J connectivity index is 1.51. The van der Waals surface area contributed by atoms with Gasteiger partial charge in [0.2, 0.25) is 12.5 Å². The molecule has 31 heavy (non-hydrogen) atoms. The number of carbonyl (C=O) groups excluding carboxylic acids is 2. The summed E-state index contributed by atoms with van der Waals surface area (Å²) in [5.74, 6) is 0.0351. The highest BCUT2D eigenvalue weighted by atomic mass is 19.4. The van der Waals surface area contributed by atoms with Gasteiger partial charge in [-0.25, -0.2) is 6.57 Å². The third-order valence-corrected chi connectivity index (χ3v) is 6.67. The van der Waals surface area contributed by atoms with Crippen molar-refractivity contribution in [3.8, 4) is 0 Å². The number of hydrogen-bond donors (Lipinski definition) is 2. The van der Waals surface area contributed by atoms with Crippen LogP contribution in [0.2, 0.25) is 0 Å². The molecular formula is C20H25F3N6O2. The summed E-state index contributed by atoms with van der Waals surface area (Å²) in [7, 11) is 0. The maximum Gasteiger partial charge on any atom is 0.401 e. The third-order valence-electron chi connectivity index (χ3n) is 6.67. The molecule has 3 N–H and O–H groups in total. The van der Waals surface area contributed by atoms with Gasteiger partial charge in [0, 0.05) is 25.2 Å². The minimum Gasteiger partial charge on any atom is -0.365 e. The number of amides is 2. The first-order chi connectivity index (χ1) is 14.6. The Labute approximate surface area is 177 Å². The standard InChI is InChI=1S/C20H25F3N6O2/c1-25-10-19(4-6-28(7-5-19)11-20(21,22)23)29-9-15(16(24)30)17(27-29)26-18(31)14-8-13(14)12-2-3-12/h9,12-14H,2-8,10-11H2,(H2,24,30)(H,26,27,31)/t13-,14-/m0/s1. The first kappa shape index (κ1) is 21.6. The fourth-order valence-electron chi connectivity index (χ4n) is 4.65. The van der Waals surface area contributed by atoms with Gasteiger partial charge in [-0.1, -0.05) is 0 Å². The molecule has 0 aromatic carbocycles. The second-order valence-corrected chi connectivity index (χ2v) is 8.96. The Hall–Kier alpha value is -2.61. The molecule has 2 heterocycles. The lowest BCUT2D eigenvalue weighted by Gasteiger charge is -2.38. The van der Waals surface area contributed by atoms with Crippen LogP contribution in [0.1, 0.15) is 42.5 Å². The molecule has 0 bridgehead atoms. The van der Waals surface area contributed by atoms with E-state index >= 15 is 0 Å². The van der Waals surface area contributed by atoms with Gasteiger partial charge >= 0.3 is 6.18 Å².